The Morgan fingerprint density at radius 1 is 0.870 bits per heavy atom. The second-order valence-electron chi connectivity index (χ2n) is 5.39. The van der Waals surface area contributed by atoms with Crippen molar-refractivity contribution in [3.63, 3.8) is 0 Å². The standard InChI is InChI=1S/C18H19N5/c1-13-3-5-16(6-4-13)23-18-11-17(21-14(2)22-18)20-12-15-7-9-19-10-8-15/h3-11H,12H2,1-2H3,(H2,20,21,22,23). The van der Waals surface area contributed by atoms with Crippen LogP contribution >= 0.6 is 0 Å². The molecule has 5 heteroatoms. The van der Waals surface area contributed by atoms with Gasteiger partial charge in [0, 0.05) is 30.7 Å². The fraction of sp³-hybridized carbons (Fsp3) is 0.167. The van der Waals surface area contributed by atoms with E-state index in [0.717, 1.165) is 28.7 Å². The van der Waals surface area contributed by atoms with Crippen molar-refractivity contribution in [2.45, 2.75) is 20.4 Å². The summed E-state index contributed by atoms with van der Waals surface area (Å²) in [6.07, 6.45) is 3.57. The minimum Gasteiger partial charge on any atom is -0.366 e. The summed E-state index contributed by atoms with van der Waals surface area (Å²) in [5, 5.41) is 6.63. The van der Waals surface area contributed by atoms with E-state index in [-0.39, 0.29) is 0 Å². The molecular formula is C18H19N5. The van der Waals surface area contributed by atoms with Gasteiger partial charge in [-0.15, -0.1) is 0 Å². The molecular weight excluding hydrogens is 286 g/mol. The van der Waals surface area contributed by atoms with Gasteiger partial charge in [0.1, 0.15) is 17.5 Å². The van der Waals surface area contributed by atoms with Crippen LogP contribution in [0.15, 0.2) is 54.9 Å². The van der Waals surface area contributed by atoms with Gasteiger partial charge < -0.3 is 10.6 Å². The maximum atomic E-state index is 4.43. The lowest BCUT2D eigenvalue weighted by Gasteiger charge is -2.10. The smallest absolute Gasteiger partial charge is 0.136 e. The molecule has 23 heavy (non-hydrogen) atoms. The van der Waals surface area contributed by atoms with E-state index in [9.17, 15) is 0 Å². The summed E-state index contributed by atoms with van der Waals surface area (Å²) < 4.78 is 0. The van der Waals surface area contributed by atoms with Crippen molar-refractivity contribution in [3.8, 4) is 0 Å². The van der Waals surface area contributed by atoms with Crippen molar-refractivity contribution in [2.75, 3.05) is 10.6 Å². The number of hydrogen-bond donors (Lipinski definition) is 2. The monoisotopic (exact) mass is 305 g/mol. The van der Waals surface area contributed by atoms with Crippen LogP contribution in [-0.2, 0) is 6.54 Å². The molecule has 0 aliphatic heterocycles. The number of aryl methyl sites for hydroxylation is 2. The molecule has 0 aliphatic carbocycles. The normalized spacial score (nSPS) is 10.3. The van der Waals surface area contributed by atoms with E-state index >= 15 is 0 Å². The largest absolute Gasteiger partial charge is 0.366 e. The Morgan fingerprint density at radius 2 is 1.57 bits per heavy atom. The molecule has 3 rings (SSSR count). The third-order valence-corrected chi connectivity index (χ3v) is 3.38. The summed E-state index contributed by atoms with van der Waals surface area (Å²) in [7, 11) is 0. The average molecular weight is 305 g/mol. The Hall–Kier alpha value is -2.95. The molecule has 2 aromatic heterocycles. The van der Waals surface area contributed by atoms with Crippen LogP contribution in [0.3, 0.4) is 0 Å². The van der Waals surface area contributed by atoms with Gasteiger partial charge in [0.25, 0.3) is 0 Å². The molecule has 0 bridgehead atoms. The molecule has 5 nitrogen and oxygen atoms in total. The average Bonchev–Trinajstić information content (AvgIpc) is 2.56. The number of benzene rings is 1. The summed E-state index contributed by atoms with van der Waals surface area (Å²) in [6.45, 7) is 4.65. The zero-order chi connectivity index (χ0) is 16.1. The van der Waals surface area contributed by atoms with Crippen molar-refractivity contribution in [2.24, 2.45) is 0 Å². The first-order valence-electron chi connectivity index (χ1n) is 7.51. The van der Waals surface area contributed by atoms with Gasteiger partial charge in [-0.3, -0.25) is 4.98 Å². The van der Waals surface area contributed by atoms with Gasteiger partial charge in [-0.05, 0) is 43.7 Å². The van der Waals surface area contributed by atoms with E-state index < -0.39 is 0 Å². The minimum atomic E-state index is 0.697. The number of hydrogen-bond acceptors (Lipinski definition) is 5. The predicted molar refractivity (Wildman–Crippen MR) is 92.8 cm³/mol. The highest BCUT2D eigenvalue weighted by atomic mass is 15.1. The fourth-order valence-corrected chi connectivity index (χ4v) is 2.20. The van der Waals surface area contributed by atoms with E-state index in [4.69, 9.17) is 0 Å². The summed E-state index contributed by atoms with van der Waals surface area (Å²) in [6, 6.07) is 14.1. The van der Waals surface area contributed by atoms with Gasteiger partial charge in [-0.2, -0.15) is 0 Å². The van der Waals surface area contributed by atoms with Gasteiger partial charge in [-0.25, -0.2) is 9.97 Å². The van der Waals surface area contributed by atoms with Crippen LogP contribution in [0.4, 0.5) is 17.3 Å². The molecule has 0 saturated carbocycles. The van der Waals surface area contributed by atoms with E-state index in [1.807, 2.05) is 37.3 Å². The highest BCUT2D eigenvalue weighted by molar-refractivity contribution is 5.59. The van der Waals surface area contributed by atoms with Crippen LogP contribution in [0.25, 0.3) is 0 Å². The van der Waals surface area contributed by atoms with Gasteiger partial charge in [0.2, 0.25) is 0 Å². The molecule has 0 radical (unpaired) electrons. The maximum Gasteiger partial charge on any atom is 0.136 e. The van der Waals surface area contributed by atoms with Crippen molar-refractivity contribution in [3.05, 3.63) is 71.8 Å². The SMILES string of the molecule is Cc1ccc(Nc2cc(NCc3ccncc3)nc(C)n2)cc1. The Labute approximate surface area is 135 Å². The molecule has 116 valence electrons. The topological polar surface area (TPSA) is 62.7 Å². The molecule has 0 fully saturated rings. The molecule has 2 heterocycles. The van der Waals surface area contributed by atoms with E-state index in [0.29, 0.717) is 6.54 Å². The Kier molecular flexibility index (Phi) is 4.47. The summed E-state index contributed by atoms with van der Waals surface area (Å²) >= 11 is 0. The second-order valence-corrected chi connectivity index (χ2v) is 5.39. The van der Waals surface area contributed by atoms with Crippen LogP contribution in [0, 0.1) is 13.8 Å². The Balaban J connectivity index is 1.72. The quantitative estimate of drug-likeness (QED) is 0.750. The van der Waals surface area contributed by atoms with Crippen LogP contribution in [0.2, 0.25) is 0 Å². The van der Waals surface area contributed by atoms with Gasteiger partial charge in [-0.1, -0.05) is 17.7 Å². The van der Waals surface area contributed by atoms with Crippen LogP contribution in [-0.4, -0.2) is 15.0 Å². The van der Waals surface area contributed by atoms with Crippen molar-refractivity contribution in [1.29, 1.82) is 0 Å². The lowest BCUT2D eigenvalue weighted by molar-refractivity contribution is 1.02. The van der Waals surface area contributed by atoms with Gasteiger partial charge >= 0.3 is 0 Å². The maximum absolute atomic E-state index is 4.43. The van der Waals surface area contributed by atoms with E-state index in [2.05, 4.69) is 44.6 Å². The van der Waals surface area contributed by atoms with Crippen molar-refractivity contribution >= 4 is 17.3 Å². The molecule has 3 aromatic rings. The van der Waals surface area contributed by atoms with Crippen LogP contribution in [0.5, 0.6) is 0 Å². The zero-order valence-corrected chi connectivity index (χ0v) is 13.2. The number of nitrogens with one attached hydrogen (secondary N) is 2. The zero-order valence-electron chi connectivity index (χ0n) is 13.2. The third-order valence-electron chi connectivity index (χ3n) is 3.38. The number of rotatable bonds is 5. The number of nitrogens with zero attached hydrogens (tertiary/aromatic N) is 3. The molecule has 0 aliphatic rings. The number of aromatic nitrogens is 3. The Bertz CT molecular complexity index is 769. The fourth-order valence-electron chi connectivity index (χ4n) is 2.20. The van der Waals surface area contributed by atoms with Gasteiger partial charge in [0.05, 0.1) is 0 Å². The molecule has 0 saturated heterocycles. The first-order chi connectivity index (χ1) is 11.2. The summed E-state index contributed by atoms with van der Waals surface area (Å²) in [4.78, 5) is 12.9. The van der Waals surface area contributed by atoms with Crippen molar-refractivity contribution in [1.82, 2.24) is 15.0 Å². The van der Waals surface area contributed by atoms with Gasteiger partial charge in [0.15, 0.2) is 0 Å². The molecule has 0 spiro atoms. The van der Waals surface area contributed by atoms with Crippen LogP contribution in [0.1, 0.15) is 17.0 Å². The highest BCUT2D eigenvalue weighted by Crippen LogP contribution is 2.18. The van der Waals surface area contributed by atoms with E-state index in [1.165, 1.54) is 5.56 Å². The summed E-state index contributed by atoms with van der Waals surface area (Å²) in [5.41, 5.74) is 3.40. The molecule has 0 unspecified atom stereocenters. The number of anilines is 3. The molecule has 1 aromatic carbocycles. The van der Waals surface area contributed by atoms with Crippen LogP contribution < -0.4 is 10.6 Å². The minimum absolute atomic E-state index is 0.697. The third kappa shape index (κ3) is 4.26. The first-order valence-corrected chi connectivity index (χ1v) is 7.51. The summed E-state index contributed by atoms with van der Waals surface area (Å²) in [5.74, 6) is 2.29. The molecule has 0 atom stereocenters. The molecule has 2 N–H and O–H groups in total. The van der Waals surface area contributed by atoms with E-state index in [1.54, 1.807) is 12.4 Å². The first kappa shape index (κ1) is 15.0. The van der Waals surface area contributed by atoms with Crippen molar-refractivity contribution < 1.29 is 0 Å². The lowest BCUT2D eigenvalue weighted by atomic mass is 10.2. The Morgan fingerprint density at radius 3 is 2.30 bits per heavy atom. The molecule has 0 amide bonds. The number of pyridine rings is 1. The lowest BCUT2D eigenvalue weighted by Crippen LogP contribution is -2.05. The second kappa shape index (κ2) is 6.87. The highest BCUT2D eigenvalue weighted by Gasteiger charge is 2.03. The predicted octanol–water partition coefficient (Wildman–Crippen LogP) is 3.84.